The Morgan fingerprint density at radius 1 is 1.43 bits per heavy atom. The van der Waals surface area contributed by atoms with Gasteiger partial charge in [-0.25, -0.2) is 9.78 Å². The first-order valence-corrected chi connectivity index (χ1v) is 7.19. The molecule has 0 aromatic carbocycles. The normalized spacial score (nSPS) is 11.9. The van der Waals surface area contributed by atoms with Crippen molar-refractivity contribution in [2.45, 2.75) is 45.8 Å². The molecule has 0 saturated heterocycles. The summed E-state index contributed by atoms with van der Waals surface area (Å²) in [6.45, 7) is 13.5. The molecule has 0 radical (unpaired) electrons. The van der Waals surface area contributed by atoms with E-state index in [1.165, 1.54) is 0 Å². The fraction of sp³-hybridized carbons (Fsp3) is 0.500. The van der Waals surface area contributed by atoms with Gasteiger partial charge in [0, 0.05) is 12.7 Å². The van der Waals surface area contributed by atoms with Gasteiger partial charge in [-0.15, -0.1) is 6.58 Å². The largest absolute Gasteiger partial charge is 0.444 e. The number of halogens is 1. The van der Waals surface area contributed by atoms with Gasteiger partial charge in [-0.1, -0.05) is 17.7 Å². The molecule has 1 aromatic heterocycles. The highest BCUT2D eigenvalue weighted by molar-refractivity contribution is 6.29. The van der Waals surface area contributed by atoms with Gasteiger partial charge < -0.3 is 4.74 Å². The van der Waals surface area contributed by atoms with Crippen LogP contribution in [-0.2, 0) is 10.3 Å². The minimum absolute atomic E-state index is 0.377. The molecule has 0 fully saturated rings. The van der Waals surface area contributed by atoms with E-state index in [-0.39, 0.29) is 6.09 Å². The van der Waals surface area contributed by atoms with E-state index in [0.717, 1.165) is 5.56 Å². The summed E-state index contributed by atoms with van der Waals surface area (Å²) in [7, 11) is 0. The number of aromatic nitrogens is 1. The van der Waals surface area contributed by atoms with Crippen molar-refractivity contribution in [3.8, 4) is 0 Å². The number of carbonyl (C=O) groups is 1. The number of nitrogens with zero attached hydrogens (tertiary/aromatic N) is 2. The second-order valence-corrected chi connectivity index (χ2v) is 6.69. The molecule has 0 aliphatic carbocycles. The third kappa shape index (κ3) is 4.74. The summed E-state index contributed by atoms with van der Waals surface area (Å²) in [5.74, 6) is 0. The highest BCUT2D eigenvalue weighted by Gasteiger charge is 2.34. The number of rotatable bonds is 4. The maximum Gasteiger partial charge on any atom is 0.411 e. The van der Waals surface area contributed by atoms with Crippen molar-refractivity contribution in [2.75, 3.05) is 6.54 Å². The van der Waals surface area contributed by atoms with Crippen molar-refractivity contribution in [2.24, 2.45) is 0 Å². The molecule has 4 nitrogen and oxygen atoms in total. The summed E-state index contributed by atoms with van der Waals surface area (Å²) >= 11 is 5.95. The van der Waals surface area contributed by atoms with Gasteiger partial charge in [0.25, 0.3) is 0 Å². The van der Waals surface area contributed by atoms with Gasteiger partial charge >= 0.3 is 6.09 Å². The summed E-state index contributed by atoms with van der Waals surface area (Å²) in [5.41, 5.74) is -0.263. The summed E-state index contributed by atoms with van der Waals surface area (Å²) in [5, 5.41) is 0.392. The van der Waals surface area contributed by atoms with Crippen LogP contribution in [0.4, 0.5) is 4.79 Å². The van der Waals surface area contributed by atoms with Crippen molar-refractivity contribution in [1.29, 1.82) is 0 Å². The van der Waals surface area contributed by atoms with E-state index in [4.69, 9.17) is 16.3 Å². The topological polar surface area (TPSA) is 42.4 Å². The van der Waals surface area contributed by atoms with Crippen LogP contribution in [0, 0.1) is 0 Å². The number of hydrogen-bond donors (Lipinski definition) is 0. The Hall–Kier alpha value is -1.55. The second kappa shape index (κ2) is 6.48. The van der Waals surface area contributed by atoms with Crippen LogP contribution in [0.2, 0.25) is 5.15 Å². The lowest BCUT2D eigenvalue weighted by Crippen LogP contribution is -2.47. The second-order valence-electron chi connectivity index (χ2n) is 6.31. The number of ether oxygens (including phenoxy) is 1. The smallest absolute Gasteiger partial charge is 0.411 e. The van der Waals surface area contributed by atoms with Crippen LogP contribution in [0.3, 0.4) is 0 Å². The molecule has 0 N–H and O–H groups in total. The number of carbonyl (C=O) groups excluding carboxylic acids is 1. The van der Waals surface area contributed by atoms with Gasteiger partial charge in [0.15, 0.2) is 0 Å². The molecule has 0 saturated carbocycles. The van der Waals surface area contributed by atoms with Gasteiger partial charge in [0.1, 0.15) is 10.8 Å². The SMILES string of the molecule is C=CCN(C(=O)OC(C)(C)C)C(C)(C)c1ccnc(Cl)c1. The summed E-state index contributed by atoms with van der Waals surface area (Å²) in [4.78, 5) is 18.1. The Kier molecular flexibility index (Phi) is 5.40. The summed E-state index contributed by atoms with van der Waals surface area (Å²) < 4.78 is 5.48. The van der Waals surface area contributed by atoms with Crippen LogP contribution < -0.4 is 0 Å². The van der Waals surface area contributed by atoms with Crippen LogP contribution in [-0.4, -0.2) is 28.1 Å². The molecule has 0 atom stereocenters. The molecule has 1 amide bonds. The first-order chi connectivity index (χ1) is 9.58. The molecule has 0 bridgehead atoms. The van der Waals surface area contributed by atoms with Gasteiger partial charge in [0.05, 0.1) is 5.54 Å². The van der Waals surface area contributed by atoms with Gasteiger partial charge in [0.2, 0.25) is 0 Å². The van der Waals surface area contributed by atoms with Crippen LogP contribution in [0.25, 0.3) is 0 Å². The van der Waals surface area contributed by atoms with E-state index >= 15 is 0 Å². The predicted molar refractivity (Wildman–Crippen MR) is 85.4 cm³/mol. The lowest BCUT2D eigenvalue weighted by molar-refractivity contribution is 0.00580. The van der Waals surface area contributed by atoms with Crippen molar-refractivity contribution in [3.63, 3.8) is 0 Å². The molecule has 5 heteroatoms. The fourth-order valence-electron chi connectivity index (χ4n) is 1.92. The molecule has 1 heterocycles. The van der Waals surface area contributed by atoms with E-state index < -0.39 is 11.1 Å². The molecule has 1 rings (SSSR count). The number of hydrogen-bond acceptors (Lipinski definition) is 3. The molecule has 0 unspecified atom stereocenters. The standard InChI is InChI=1S/C16H23ClN2O2/c1-7-10-19(14(20)21-15(2,3)4)16(5,6)12-8-9-18-13(17)11-12/h7-9,11H,1,10H2,2-6H3. The monoisotopic (exact) mass is 310 g/mol. The Balaban J connectivity index is 3.13. The van der Waals surface area contributed by atoms with E-state index in [9.17, 15) is 4.79 Å². The lowest BCUT2D eigenvalue weighted by Gasteiger charge is -2.39. The minimum atomic E-state index is -0.594. The van der Waals surface area contributed by atoms with E-state index in [1.54, 1.807) is 23.2 Å². The van der Waals surface area contributed by atoms with Crippen molar-refractivity contribution < 1.29 is 9.53 Å². The summed E-state index contributed by atoms with van der Waals surface area (Å²) in [6, 6.07) is 3.59. The van der Waals surface area contributed by atoms with Gasteiger partial charge in [-0.2, -0.15) is 0 Å². The molecule has 21 heavy (non-hydrogen) atoms. The predicted octanol–water partition coefficient (Wildman–Crippen LogP) is 4.39. The average Bonchev–Trinajstić information content (AvgIpc) is 2.33. The first kappa shape index (κ1) is 17.5. The maximum atomic E-state index is 12.5. The minimum Gasteiger partial charge on any atom is -0.444 e. The van der Waals surface area contributed by atoms with Gasteiger partial charge in [-0.05, 0) is 52.3 Å². The Labute approximate surface area is 131 Å². The highest BCUT2D eigenvalue weighted by atomic mass is 35.5. The molecular formula is C16H23ClN2O2. The van der Waals surface area contributed by atoms with Crippen molar-refractivity contribution in [3.05, 3.63) is 41.7 Å². The summed E-state index contributed by atoms with van der Waals surface area (Å²) in [6.07, 6.45) is 2.91. The lowest BCUT2D eigenvalue weighted by atomic mass is 9.93. The van der Waals surface area contributed by atoms with E-state index in [0.29, 0.717) is 11.7 Å². The van der Waals surface area contributed by atoms with Crippen LogP contribution in [0.15, 0.2) is 31.0 Å². The molecule has 0 spiro atoms. The molecular weight excluding hydrogens is 288 g/mol. The fourth-order valence-corrected chi connectivity index (χ4v) is 2.09. The Morgan fingerprint density at radius 3 is 2.52 bits per heavy atom. The number of pyridine rings is 1. The third-order valence-electron chi connectivity index (χ3n) is 3.03. The molecule has 116 valence electrons. The Morgan fingerprint density at radius 2 is 2.05 bits per heavy atom. The van der Waals surface area contributed by atoms with Crippen LogP contribution >= 0.6 is 11.6 Å². The molecule has 0 aliphatic rings. The molecule has 0 aliphatic heterocycles. The van der Waals surface area contributed by atoms with Gasteiger partial charge in [-0.3, -0.25) is 4.90 Å². The number of amides is 1. The highest BCUT2D eigenvalue weighted by Crippen LogP contribution is 2.30. The quantitative estimate of drug-likeness (QED) is 0.611. The van der Waals surface area contributed by atoms with Crippen molar-refractivity contribution >= 4 is 17.7 Å². The zero-order valence-electron chi connectivity index (χ0n) is 13.3. The van der Waals surface area contributed by atoms with Crippen molar-refractivity contribution in [1.82, 2.24) is 9.88 Å². The van der Waals surface area contributed by atoms with E-state index in [1.807, 2.05) is 40.7 Å². The zero-order valence-corrected chi connectivity index (χ0v) is 14.1. The molecule has 1 aromatic rings. The van der Waals surface area contributed by atoms with E-state index in [2.05, 4.69) is 11.6 Å². The van der Waals surface area contributed by atoms with Crippen LogP contribution in [0.5, 0.6) is 0 Å². The van der Waals surface area contributed by atoms with Crippen LogP contribution in [0.1, 0.15) is 40.2 Å². The average molecular weight is 311 g/mol. The zero-order chi connectivity index (χ0) is 16.3. The third-order valence-corrected chi connectivity index (χ3v) is 3.24. The Bertz CT molecular complexity index is 521. The maximum absolute atomic E-state index is 12.5. The first-order valence-electron chi connectivity index (χ1n) is 6.81.